The first-order valence-corrected chi connectivity index (χ1v) is 6.97. The van der Waals surface area contributed by atoms with Crippen molar-refractivity contribution in [2.75, 3.05) is 30.5 Å². The van der Waals surface area contributed by atoms with E-state index in [4.69, 9.17) is 11.6 Å². The molecule has 3 heteroatoms. The van der Waals surface area contributed by atoms with Crippen LogP contribution in [0.15, 0.2) is 18.2 Å². The van der Waals surface area contributed by atoms with Crippen LogP contribution in [0, 0.1) is 6.92 Å². The summed E-state index contributed by atoms with van der Waals surface area (Å²) in [6.07, 6.45) is 2.14. The molecule has 84 valence electrons. The Balaban J connectivity index is 2.76. The summed E-state index contributed by atoms with van der Waals surface area (Å²) in [5, 5.41) is 0. The van der Waals surface area contributed by atoms with Gasteiger partial charge in [0.25, 0.3) is 0 Å². The number of anilines is 1. The highest BCUT2D eigenvalue weighted by atomic mass is 35.5. The number of rotatable bonds is 5. The zero-order valence-electron chi connectivity index (χ0n) is 9.59. The fraction of sp³-hybridized carbons (Fsp3) is 0.500. The van der Waals surface area contributed by atoms with E-state index < -0.39 is 0 Å². The molecule has 0 aliphatic rings. The van der Waals surface area contributed by atoms with Crippen molar-refractivity contribution < 1.29 is 0 Å². The van der Waals surface area contributed by atoms with Gasteiger partial charge in [0.15, 0.2) is 0 Å². The van der Waals surface area contributed by atoms with Gasteiger partial charge in [0.1, 0.15) is 0 Å². The molecule has 0 spiro atoms. The maximum atomic E-state index is 5.80. The molecule has 0 aliphatic carbocycles. The number of halogens is 1. The van der Waals surface area contributed by atoms with Crippen LogP contribution < -0.4 is 4.90 Å². The molecule has 0 amide bonds. The number of nitrogens with zero attached hydrogens (tertiary/aromatic N) is 1. The molecule has 0 unspecified atom stereocenters. The molecule has 0 N–H and O–H groups in total. The number of aryl methyl sites for hydroxylation is 1. The first-order chi connectivity index (χ1) is 7.19. The molecule has 0 atom stereocenters. The smallest absolute Gasteiger partial charge is 0.0474 e. The van der Waals surface area contributed by atoms with E-state index in [9.17, 15) is 0 Å². The van der Waals surface area contributed by atoms with Crippen molar-refractivity contribution in [3.05, 3.63) is 29.3 Å². The molecule has 0 aliphatic heterocycles. The first-order valence-electron chi connectivity index (χ1n) is 5.04. The quantitative estimate of drug-likeness (QED) is 0.728. The van der Waals surface area contributed by atoms with Crippen LogP contribution in [-0.2, 0) is 5.88 Å². The summed E-state index contributed by atoms with van der Waals surface area (Å²) in [6, 6.07) is 6.43. The molecule has 0 fully saturated rings. The van der Waals surface area contributed by atoms with Gasteiger partial charge in [0.2, 0.25) is 0 Å². The highest BCUT2D eigenvalue weighted by Gasteiger charge is 2.04. The van der Waals surface area contributed by atoms with Crippen LogP contribution in [0.5, 0.6) is 0 Å². The second-order valence-electron chi connectivity index (χ2n) is 3.67. The zero-order chi connectivity index (χ0) is 11.3. The van der Waals surface area contributed by atoms with Gasteiger partial charge in [0, 0.05) is 30.9 Å². The predicted octanol–water partition coefficient (Wildman–Crippen LogP) is 3.53. The summed E-state index contributed by atoms with van der Waals surface area (Å²) in [6.45, 7) is 3.23. The van der Waals surface area contributed by atoms with Crippen LogP contribution in [0.4, 0.5) is 5.69 Å². The molecule has 1 rings (SSSR count). The Bertz CT molecular complexity index is 314. The van der Waals surface area contributed by atoms with E-state index in [1.165, 1.54) is 16.8 Å². The predicted molar refractivity (Wildman–Crippen MR) is 72.4 cm³/mol. The number of alkyl halides is 1. The molecule has 0 aromatic heterocycles. The van der Waals surface area contributed by atoms with Crippen LogP contribution in [0.3, 0.4) is 0 Å². The summed E-state index contributed by atoms with van der Waals surface area (Å²) < 4.78 is 0. The lowest BCUT2D eigenvalue weighted by Crippen LogP contribution is -2.21. The van der Waals surface area contributed by atoms with Crippen LogP contribution >= 0.6 is 23.4 Å². The normalized spacial score (nSPS) is 10.4. The molecule has 0 saturated carbocycles. The third-order valence-electron chi connectivity index (χ3n) is 2.46. The molecule has 15 heavy (non-hydrogen) atoms. The zero-order valence-corrected chi connectivity index (χ0v) is 11.2. The van der Waals surface area contributed by atoms with E-state index in [1.807, 2.05) is 11.8 Å². The Morgan fingerprint density at radius 3 is 2.67 bits per heavy atom. The van der Waals surface area contributed by atoms with Gasteiger partial charge in [-0.15, -0.1) is 11.6 Å². The molecule has 1 aromatic carbocycles. The summed E-state index contributed by atoms with van der Waals surface area (Å²) in [5.74, 6) is 1.75. The van der Waals surface area contributed by atoms with Gasteiger partial charge in [-0.1, -0.05) is 12.1 Å². The molecule has 0 bridgehead atoms. The Morgan fingerprint density at radius 1 is 1.40 bits per heavy atom. The monoisotopic (exact) mass is 243 g/mol. The number of hydrogen-bond acceptors (Lipinski definition) is 2. The third kappa shape index (κ3) is 3.62. The van der Waals surface area contributed by atoms with Crippen molar-refractivity contribution in [2.24, 2.45) is 0 Å². The highest BCUT2D eigenvalue weighted by Crippen LogP contribution is 2.21. The summed E-state index contributed by atoms with van der Waals surface area (Å²) in [7, 11) is 2.14. The van der Waals surface area contributed by atoms with E-state index in [-0.39, 0.29) is 0 Å². The van der Waals surface area contributed by atoms with Crippen LogP contribution in [0.2, 0.25) is 0 Å². The molecule has 0 saturated heterocycles. The maximum Gasteiger partial charge on any atom is 0.0474 e. The van der Waals surface area contributed by atoms with Gasteiger partial charge in [-0.05, 0) is 30.4 Å². The van der Waals surface area contributed by atoms with E-state index in [0.717, 1.165) is 12.3 Å². The summed E-state index contributed by atoms with van der Waals surface area (Å²) >= 11 is 7.67. The fourth-order valence-electron chi connectivity index (χ4n) is 1.58. The maximum absolute atomic E-state index is 5.80. The van der Waals surface area contributed by atoms with Gasteiger partial charge in [-0.3, -0.25) is 0 Å². The minimum Gasteiger partial charge on any atom is -0.374 e. The average Bonchev–Trinajstić information content (AvgIpc) is 2.25. The van der Waals surface area contributed by atoms with E-state index in [0.29, 0.717) is 5.88 Å². The van der Waals surface area contributed by atoms with Gasteiger partial charge in [0.05, 0.1) is 0 Å². The average molecular weight is 244 g/mol. The van der Waals surface area contributed by atoms with Crippen molar-refractivity contribution in [3.8, 4) is 0 Å². The molecule has 1 aromatic rings. The summed E-state index contributed by atoms with van der Waals surface area (Å²) in [5.41, 5.74) is 3.80. The van der Waals surface area contributed by atoms with Crippen LogP contribution in [-0.4, -0.2) is 25.6 Å². The van der Waals surface area contributed by atoms with Gasteiger partial charge in [-0.25, -0.2) is 0 Å². The van der Waals surface area contributed by atoms with Crippen LogP contribution in [0.1, 0.15) is 11.1 Å². The number of thioether (sulfide) groups is 1. The van der Waals surface area contributed by atoms with Gasteiger partial charge < -0.3 is 4.90 Å². The molecule has 0 heterocycles. The van der Waals surface area contributed by atoms with E-state index in [1.54, 1.807) is 0 Å². The third-order valence-corrected chi connectivity index (χ3v) is 3.36. The molecular weight excluding hydrogens is 226 g/mol. The minimum absolute atomic E-state index is 0.593. The highest BCUT2D eigenvalue weighted by molar-refractivity contribution is 7.98. The lowest BCUT2D eigenvalue weighted by atomic mass is 10.1. The summed E-state index contributed by atoms with van der Waals surface area (Å²) in [4.78, 5) is 2.30. The number of benzene rings is 1. The van der Waals surface area contributed by atoms with E-state index in [2.05, 4.69) is 43.3 Å². The first kappa shape index (κ1) is 12.7. The molecular formula is C12H18ClNS. The molecule has 0 radical (unpaired) electrons. The molecule has 1 nitrogen and oxygen atoms in total. The Labute approximate surface area is 102 Å². The lowest BCUT2D eigenvalue weighted by molar-refractivity contribution is 0.969. The van der Waals surface area contributed by atoms with Gasteiger partial charge >= 0.3 is 0 Å². The Morgan fingerprint density at radius 2 is 2.13 bits per heavy atom. The largest absolute Gasteiger partial charge is 0.374 e. The second-order valence-corrected chi connectivity index (χ2v) is 4.92. The topological polar surface area (TPSA) is 3.24 Å². The van der Waals surface area contributed by atoms with Crippen molar-refractivity contribution in [2.45, 2.75) is 12.8 Å². The van der Waals surface area contributed by atoms with Crippen molar-refractivity contribution in [1.82, 2.24) is 0 Å². The van der Waals surface area contributed by atoms with E-state index >= 15 is 0 Å². The van der Waals surface area contributed by atoms with Crippen LogP contribution in [0.25, 0.3) is 0 Å². The Kier molecular flexibility index (Phi) is 5.34. The standard InChI is InChI=1S/C12H18ClNS/c1-10-8-11(9-13)4-5-12(10)14(2)6-7-15-3/h4-5,8H,6-7,9H2,1-3H3. The number of hydrogen-bond donors (Lipinski definition) is 0. The second kappa shape index (κ2) is 6.29. The Hall–Kier alpha value is -0.340. The van der Waals surface area contributed by atoms with Gasteiger partial charge in [-0.2, -0.15) is 11.8 Å². The fourth-order valence-corrected chi connectivity index (χ4v) is 2.20. The SMILES string of the molecule is CSCCN(C)c1ccc(CCl)cc1C. The van der Waals surface area contributed by atoms with Crippen molar-refractivity contribution >= 4 is 29.1 Å². The van der Waals surface area contributed by atoms with Crippen molar-refractivity contribution in [1.29, 1.82) is 0 Å². The minimum atomic E-state index is 0.593. The lowest BCUT2D eigenvalue weighted by Gasteiger charge is -2.21. The van der Waals surface area contributed by atoms with Crippen molar-refractivity contribution in [3.63, 3.8) is 0 Å².